The predicted octanol–water partition coefficient (Wildman–Crippen LogP) is 3.17. The maximum absolute atomic E-state index is 13.9. The zero-order valence-corrected chi connectivity index (χ0v) is 20.4. The fourth-order valence-corrected chi connectivity index (χ4v) is 5.54. The van der Waals surface area contributed by atoms with Gasteiger partial charge in [0.05, 0.1) is 34.0 Å². The average Bonchev–Trinajstić information content (AvgIpc) is 2.85. The Hall–Kier alpha value is -4.21. The first-order valence-corrected chi connectivity index (χ1v) is 11.7. The predicted molar refractivity (Wildman–Crippen MR) is 137 cm³/mol. The lowest BCUT2D eigenvalue weighted by Crippen LogP contribution is -2.63. The zero-order valence-electron chi connectivity index (χ0n) is 20.4. The lowest BCUT2D eigenvalue weighted by Gasteiger charge is -2.45. The number of nitrogens with zero attached hydrogens (tertiary/aromatic N) is 1. The van der Waals surface area contributed by atoms with Gasteiger partial charge in [0.25, 0.3) is 0 Å². The van der Waals surface area contributed by atoms with Crippen molar-refractivity contribution in [3.05, 3.63) is 70.0 Å². The van der Waals surface area contributed by atoms with E-state index in [0.29, 0.717) is 27.8 Å². The number of fused-ring (bicyclic) bond motifs is 3. The SMILES string of the molecule is CC(=Nc1ccc(O)cc1)C1=C(O)[C@@]2(O)C(=O)c3c(c(C)c4ccc(C)c(O)c4c3O)C[C@H]2[C@@H](N)C1=O. The number of benzene rings is 3. The lowest BCUT2D eigenvalue weighted by molar-refractivity contribution is -0.122. The van der Waals surface area contributed by atoms with Crippen LogP contribution in [0, 0.1) is 19.8 Å². The number of phenols is 3. The van der Waals surface area contributed by atoms with Crippen LogP contribution < -0.4 is 5.73 Å². The first-order valence-electron chi connectivity index (χ1n) is 11.7. The quantitative estimate of drug-likeness (QED) is 0.290. The number of hydrogen-bond acceptors (Lipinski definition) is 9. The molecule has 2 aliphatic carbocycles. The van der Waals surface area contributed by atoms with E-state index in [1.54, 1.807) is 26.0 Å². The number of rotatable bonds is 2. The van der Waals surface area contributed by atoms with Crippen molar-refractivity contribution >= 4 is 33.7 Å². The Balaban J connectivity index is 1.75. The molecule has 9 heteroatoms. The number of carbonyl (C=O) groups excluding carboxylic acids is 2. The molecule has 0 fully saturated rings. The number of aryl methyl sites for hydroxylation is 2. The molecule has 3 atom stereocenters. The molecular formula is C28H26N2O7. The summed E-state index contributed by atoms with van der Waals surface area (Å²) in [5.74, 6) is -4.47. The van der Waals surface area contributed by atoms with Crippen LogP contribution in [0.4, 0.5) is 5.69 Å². The number of ketones is 2. The fourth-order valence-electron chi connectivity index (χ4n) is 5.54. The van der Waals surface area contributed by atoms with Gasteiger partial charge < -0.3 is 31.3 Å². The molecule has 0 saturated carbocycles. The van der Waals surface area contributed by atoms with Gasteiger partial charge in [-0.05, 0) is 73.5 Å². The molecule has 5 rings (SSSR count). The second-order valence-corrected chi connectivity index (χ2v) is 9.71. The highest BCUT2D eigenvalue weighted by Crippen LogP contribution is 2.50. The lowest BCUT2D eigenvalue weighted by atomic mass is 9.61. The van der Waals surface area contributed by atoms with Gasteiger partial charge in [0, 0.05) is 5.92 Å². The third-order valence-electron chi connectivity index (χ3n) is 7.63. The number of carbonyl (C=O) groups is 2. The van der Waals surface area contributed by atoms with E-state index in [1.807, 2.05) is 0 Å². The van der Waals surface area contributed by atoms with E-state index < -0.39 is 40.6 Å². The van der Waals surface area contributed by atoms with E-state index in [0.717, 1.165) is 0 Å². The fraction of sp³-hybridized carbons (Fsp3) is 0.250. The molecule has 0 saturated heterocycles. The molecule has 9 nitrogen and oxygen atoms in total. The van der Waals surface area contributed by atoms with Crippen molar-refractivity contribution in [2.45, 2.75) is 38.8 Å². The third kappa shape index (κ3) is 3.28. The van der Waals surface area contributed by atoms with Crippen molar-refractivity contribution in [2.24, 2.45) is 16.6 Å². The van der Waals surface area contributed by atoms with Crippen LogP contribution in [0.5, 0.6) is 17.2 Å². The molecule has 7 N–H and O–H groups in total. The van der Waals surface area contributed by atoms with E-state index >= 15 is 0 Å². The molecule has 0 bridgehead atoms. The molecule has 0 radical (unpaired) electrons. The molecule has 0 amide bonds. The highest BCUT2D eigenvalue weighted by atomic mass is 16.3. The number of aliphatic hydroxyl groups is 2. The van der Waals surface area contributed by atoms with E-state index in [-0.39, 0.29) is 40.2 Å². The molecule has 0 aromatic heterocycles. The van der Waals surface area contributed by atoms with Crippen LogP contribution in [0.2, 0.25) is 0 Å². The van der Waals surface area contributed by atoms with E-state index in [9.17, 15) is 35.1 Å². The van der Waals surface area contributed by atoms with Crippen molar-refractivity contribution < 1.29 is 35.1 Å². The first kappa shape index (κ1) is 24.5. The van der Waals surface area contributed by atoms with E-state index in [2.05, 4.69) is 4.99 Å². The minimum absolute atomic E-state index is 0.0151. The number of aliphatic hydroxyl groups excluding tert-OH is 1. The number of aromatic hydroxyl groups is 3. The minimum atomic E-state index is -2.60. The minimum Gasteiger partial charge on any atom is -0.508 e. The van der Waals surface area contributed by atoms with Gasteiger partial charge >= 0.3 is 0 Å². The van der Waals surface area contributed by atoms with Gasteiger partial charge in [-0.2, -0.15) is 0 Å². The second kappa shape index (κ2) is 8.16. The van der Waals surface area contributed by atoms with Gasteiger partial charge in [0.2, 0.25) is 5.78 Å². The smallest absolute Gasteiger partial charge is 0.206 e. The van der Waals surface area contributed by atoms with Crippen LogP contribution in [-0.4, -0.2) is 54.5 Å². The topological polar surface area (TPSA) is 174 Å². The average molecular weight is 503 g/mol. The molecule has 0 unspecified atom stereocenters. The van der Waals surface area contributed by atoms with Crippen LogP contribution in [-0.2, 0) is 11.2 Å². The molecule has 3 aromatic carbocycles. The van der Waals surface area contributed by atoms with Gasteiger partial charge in [-0.15, -0.1) is 0 Å². The Morgan fingerprint density at radius 3 is 2.30 bits per heavy atom. The van der Waals surface area contributed by atoms with Gasteiger partial charge in [-0.1, -0.05) is 12.1 Å². The standard InChI is InChI=1S/C28H26N2O7/c1-11-4-9-16-12(2)17-10-18-22(29)25(34)19(13(3)30-14-5-7-15(31)8-6-14)26(35)28(18,37)27(36)21(17)24(33)20(16)23(11)32/h4-9,18,22,31-33,35,37H,10,29H2,1-3H3/t18-,22+,28+/m0/s1. The van der Waals surface area contributed by atoms with E-state index in [4.69, 9.17) is 5.73 Å². The first-order chi connectivity index (χ1) is 17.4. The van der Waals surface area contributed by atoms with Crippen molar-refractivity contribution in [1.82, 2.24) is 0 Å². The highest BCUT2D eigenvalue weighted by Gasteiger charge is 2.60. The Kier molecular flexibility index (Phi) is 5.40. The Morgan fingerprint density at radius 1 is 1.00 bits per heavy atom. The Morgan fingerprint density at radius 2 is 1.65 bits per heavy atom. The second-order valence-electron chi connectivity index (χ2n) is 9.71. The largest absolute Gasteiger partial charge is 0.508 e. The molecular weight excluding hydrogens is 476 g/mol. The maximum Gasteiger partial charge on any atom is 0.206 e. The summed E-state index contributed by atoms with van der Waals surface area (Å²) < 4.78 is 0. The van der Waals surface area contributed by atoms with Crippen LogP contribution in [0.3, 0.4) is 0 Å². The number of phenolic OH excluding ortho intramolecular Hbond substituents is 3. The van der Waals surface area contributed by atoms with Gasteiger partial charge in [-0.25, -0.2) is 0 Å². The van der Waals surface area contributed by atoms with Crippen LogP contribution in [0.1, 0.15) is 34.0 Å². The van der Waals surface area contributed by atoms with Crippen molar-refractivity contribution in [2.75, 3.05) is 0 Å². The van der Waals surface area contributed by atoms with Crippen LogP contribution >= 0.6 is 0 Å². The zero-order chi connectivity index (χ0) is 27.0. The Labute approximate surface area is 211 Å². The van der Waals surface area contributed by atoms with E-state index in [1.165, 1.54) is 31.2 Å². The Bertz CT molecular complexity index is 1590. The number of hydrogen-bond donors (Lipinski definition) is 6. The van der Waals surface area contributed by atoms with Crippen molar-refractivity contribution in [3.63, 3.8) is 0 Å². The van der Waals surface area contributed by atoms with Gasteiger partial charge in [0.15, 0.2) is 11.4 Å². The molecule has 190 valence electrons. The summed E-state index contributed by atoms with van der Waals surface area (Å²) in [6, 6.07) is 7.83. The number of nitrogens with two attached hydrogens (primary N) is 1. The molecule has 2 aliphatic rings. The summed E-state index contributed by atoms with van der Waals surface area (Å²) in [5, 5.41) is 54.9. The summed E-state index contributed by atoms with van der Waals surface area (Å²) in [6.45, 7) is 4.81. The summed E-state index contributed by atoms with van der Waals surface area (Å²) in [6.07, 6.45) is -0.0695. The molecule has 3 aromatic rings. The third-order valence-corrected chi connectivity index (χ3v) is 7.63. The number of aliphatic imine (C=N–C) groups is 1. The molecule has 0 heterocycles. The molecule has 0 aliphatic heterocycles. The highest BCUT2D eigenvalue weighted by molar-refractivity contribution is 6.27. The summed E-state index contributed by atoms with van der Waals surface area (Å²) in [4.78, 5) is 31.5. The number of Topliss-reactive ketones (excluding diaryl/α,β-unsaturated/α-hetero) is 2. The summed E-state index contributed by atoms with van der Waals surface area (Å²) in [7, 11) is 0. The summed E-state index contributed by atoms with van der Waals surface area (Å²) in [5.41, 5.74) is 4.91. The molecule has 37 heavy (non-hydrogen) atoms. The normalized spacial score (nSPS) is 23.9. The monoisotopic (exact) mass is 502 g/mol. The van der Waals surface area contributed by atoms with Gasteiger partial charge in [-0.3, -0.25) is 14.6 Å². The van der Waals surface area contributed by atoms with Crippen molar-refractivity contribution in [3.8, 4) is 17.2 Å². The van der Waals surface area contributed by atoms with Gasteiger partial charge in [0.1, 0.15) is 23.0 Å². The molecule has 0 spiro atoms. The van der Waals surface area contributed by atoms with Crippen molar-refractivity contribution in [1.29, 1.82) is 0 Å². The summed E-state index contributed by atoms with van der Waals surface area (Å²) >= 11 is 0. The maximum atomic E-state index is 13.9. The van der Waals surface area contributed by atoms with Crippen LogP contribution in [0.25, 0.3) is 10.8 Å². The van der Waals surface area contributed by atoms with Crippen LogP contribution in [0.15, 0.2) is 52.7 Å².